The topological polar surface area (TPSA) is 87.7 Å². The van der Waals surface area contributed by atoms with Crippen LogP contribution in [-0.4, -0.2) is 39.3 Å². The van der Waals surface area contributed by atoms with Gasteiger partial charge in [0.1, 0.15) is 5.75 Å². The summed E-state index contributed by atoms with van der Waals surface area (Å²) >= 11 is 0. The molecule has 0 fully saturated rings. The van der Waals surface area contributed by atoms with E-state index < -0.39 is 10.2 Å². The fraction of sp³-hybridized carbons (Fsp3) is 0.300. The number of rotatable bonds is 3. The normalized spacial score (nSPS) is 14.7. The molecule has 98 valence electrons. The van der Waals surface area contributed by atoms with Crippen LogP contribution in [0.1, 0.15) is 0 Å². The van der Waals surface area contributed by atoms with Crippen molar-refractivity contribution in [3.05, 3.63) is 18.2 Å². The second kappa shape index (κ2) is 4.46. The first kappa shape index (κ1) is 12.7. The van der Waals surface area contributed by atoms with Crippen molar-refractivity contribution in [2.24, 2.45) is 0 Å². The Balaban J connectivity index is 2.25. The van der Waals surface area contributed by atoms with E-state index in [9.17, 15) is 13.2 Å². The number of carbonyl (C=O) groups excluding carboxylic acids is 1. The van der Waals surface area contributed by atoms with Gasteiger partial charge >= 0.3 is 10.2 Å². The third kappa shape index (κ3) is 2.54. The van der Waals surface area contributed by atoms with E-state index in [1.54, 1.807) is 12.1 Å². The van der Waals surface area contributed by atoms with Gasteiger partial charge < -0.3 is 10.1 Å². The van der Waals surface area contributed by atoms with Crippen LogP contribution in [0.5, 0.6) is 5.75 Å². The molecule has 0 aliphatic carbocycles. The number of fused-ring (bicyclic) bond motifs is 1. The number of ether oxygens (including phenoxy) is 1. The first-order valence-electron chi connectivity index (χ1n) is 5.15. The molecular weight excluding hydrogens is 258 g/mol. The van der Waals surface area contributed by atoms with Crippen molar-refractivity contribution in [1.82, 2.24) is 4.31 Å². The molecule has 1 heterocycles. The van der Waals surface area contributed by atoms with Crippen LogP contribution in [0.4, 0.5) is 11.4 Å². The largest absolute Gasteiger partial charge is 0.482 e. The summed E-state index contributed by atoms with van der Waals surface area (Å²) in [7, 11) is -0.692. The van der Waals surface area contributed by atoms with Crippen molar-refractivity contribution >= 4 is 27.5 Å². The van der Waals surface area contributed by atoms with Gasteiger partial charge in [0.05, 0.1) is 11.4 Å². The average molecular weight is 271 g/mol. The van der Waals surface area contributed by atoms with Gasteiger partial charge in [0.15, 0.2) is 6.61 Å². The molecule has 0 atom stereocenters. The van der Waals surface area contributed by atoms with Crippen LogP contribution < -0.4 is 14.8 Å². The predicted molar refractivity (Wildman–Crippen MR) is 66.8 cm³/mol. The van der Waals surface area contributed by atoms with E-state index in [4.69, 9.17) is 4.74 Å². The highest BCUT2D eigenvalue weighted by atomic mass is 32.2. The molecule has 0 saturated carbocycles. The van der Waals surface area contributed by atoms with E-state index in [1.807, 2.05) is 0 Å². The Hall–Kier alpha value is -1.80. The number of carbonyl (C=O) groups is 1. The zero-order chi connectivity index (χ0) is 13.3. The van der Waals surface area contributed by atoms with Crippen LogP contribution in [0.15, 0.2) is 18.2 Å². The Morgan fingerprint density at radius 3 is 2.78 bits per heavy atom. The van der Waals surface area contributed by atoms with Crippen molar-refractivity contribution in [1.29, 1.82) is 0 Å². The molecule has 0 unspecified atom stereocenters. The number of hydrogen-bond donors (Lipinski definition) is 2. The maximum absolute atomic E-state index is 11.6. The lowest BCUT2D eigenvalue weighted by Crippen LogP contribution is -2.29. The van der Waals surface area contributed by atoms with Gasteiger partial charge in [0.25, 0.3) is 5.91 Å². The molecular formula is C10H13N3O4S. The Kier molecular flexibility index (Phi) is 3.14. The molecule has 1 aromatic rings. The fourth-order valence-electron chi connectivity index (χ4n) is 1.38. The first-order chi connectivity index (χ1) is 8.38. The van der Waals surface area contributed by atoms with E-state index in [0.717, 1.165) is 4.31 Å². The molecule has 0 bridgehead atoms. The third-order valence-corrected chi connectivity index (χ3v) is 3.80. The minimum atomic E-state index is -3.55. The lowest BCUT2D eigenvalue weighted by atomic mass is 10.2. The monoisotopic (exact) mass is 271 g/mol. The van der Waals surface area contributed by atoms with Gasteiger partial charge in [0.2, 0.25) is 0 Å². The molecule has 1 aromatic carbocycles. The lowest BCUT2D eigenvalue weighted by molar-refractivity contribution is -0.118. The Labute approximate surface area is 105 Å². The van der Waals surface area contributed by atoms with Crippen LogP contribution in [0.25, 0.3) is 0 Å². The summed E-state index contributed by atoms with van der Waals surface area (Å²) in [6, 6.07) is 4.66. The van der Waals surface area contributed by atoms with Crippen LogP contribution in [0.3, 0.4) is 0 Å². The second-order valence-corrected chi connectivity index (χ2v) is 5.82. The van der Waals surface area contributed by atoms with Crippen LogP contribution in [0.2, 0.25) is 0 Å². The number of benzene rings is 1. The van der Waals surface area contributed by atoms with Gasteiger partial charge in [-0.2, -0.15) is 12.7 Å². The highest BCUT2D eigenvalue weighted by Crippen LogP contribution is 2.30. The van der Waals surface area contributed by atoms with Crippen molar-refractivity contribution in [3.63, 3.8) is 0 Å². The summed E-state index contributed by atoms with van der Waals surface area (Å²) < 4.78 is 31.9. The van der Waals surface area contributed by atoms with Gasteiger partial charge in [-0.05, 0) is 12.1 Å². The number of hydrogen-bond acceptors (Lipinski definition) is 4. The average Bonchev–Trinajstić information content (AvgIpc) is 2.28. The molecule has 7 nitrogen and oxygen atoms in total. The van der Waals surface area contributed by atoms with Gasteiger partial charge in [-0.1, -0.05) is 0 Å². The van der Waals surface area contributed by atoms with E-state index in [1.165, 1.54) is 20.2 Å². The standard InChI is InChI=1S/C10H13N3O4S/c1-13(2)18(15,16)12-7-3-4-8-9(5-7)17-6-10(14)11-8/h3-5,12H,6H2,1-2H3,(H,11,14). The van der Waals surface area contributed by atoms with Crippen molar-refractivity contribution in [3.8, 4) is 5.75 Å². The summed E-state index contributed by atoms with van der Waals surface area (Å²) in [4.78, 5) is 11.1. The molecule has 18 heavy (non-hydrogen) atoms. The van der Waals surface area contributed by atoms with E-state index in [-0.39, 0.29) is 12.5 Å². The highest BCUT2D eigenvalue weighted by molar-refractivity contribution is 7.90. The number of nitrogens with zero attached hydrogens (tertiary/aromatic N) is 1. The quantitative estimate of drug-likeness (QED) is 0.824. The van der Waals surface area contributed by atoms with E-state index in [2.05, 4.69) is 10.0 Å². The molecule has 0 radical (unpaired) electrons. The minimum absolute atomic E-state index is 0.0725. The molecule has 1 amide bonds. The summed E-state index contributed by atoms with van der Waals surface area (Å²) in [5.74, 6) is 0.206. The number of anilines is 2. The van der Waals surface area contributed by atoms with Crippen molar-refractivity contribution in [2.75, 3.05) is 30.7 Å². The maximum Gasteiger partial charge on any atom is 0.301 e. The summed E-state index contributed by atoms with van der Waals surface area (Å²) in [6.07, 6.45) is 0. The molecule has 2 N–H and O–H groups in total. The lowest BCUT2D eigenvalue weighted by Gasteiger charge is -2.19. The van der Waals surface area contributed by atoms with Gasteiger partial charge in [0, 0.05) is 20.2 Å². The predicted octanol–water partition coefficient (Wildman–Crippen LogP) is 0.236. The first-order valence-corrected chi connectivity index (χ1v) is 6.59. The van der Waals surface area contributed by atoms with Gasteiger partial charge in [-0.15, -0.1) is 0 Å². The van der Waals surface area contributed by atoms with Crippen molar-refractivity contribution < 1.29 is 17.9 Å². The number of nitrogens with one attached hydrogen (secondary N) is 2. The van der Waals surface area contributed by atoms with Crippen LogP contribution >= 0.6 is 0 Å². The van der Waals surface area contributed by atoms with Crippen LogP contribution in [0, 0.1) is 0 Å². The molecule has 1 aliphatic rings. The molecule has 2 rings (SSSR count). The molecule has 0 saturated heterocycles. The Morgan fingerprint density at radius 1 is 1.39 bits per heavy atom. The number of amides is 1. The molecule has 0 spiro atoms. The zero-order valence-corrected chi connectivity index (χ0v) is 10.7. The SMILES string of the molecule is CN(C)S(=O)(=O)Nc1ccc2c(c1)OCC(=O)N2. The van der Waals surface area contributed by atoms with E-state index >= 15 is 0 Å². The maximum atomic E-state index is 11.6. The summed E-state index contributed by atoms with van der Waals surface area (Å²) in [5.41, 5.74) is 0.901. The zero-order valence-electron chi connectivity index (χ0n) is 9.93. The van der Waals surface area contributed by atoms with Gasteiger partial charge in [-0.25, -0.2) is 0 Å². The Bertz CT molecular complexity index is 583. The fourth-order valence-corrected chi connectivity index (χ4v) is 1.99. The Morgan fingerprint density at radius 2 is 2.11 bits per heavy atom. The van der Waals surface area contributed by atoms with Crippen molar-refractivity contribution in [2.45, 2.75) is 0 Å². The van der Waals surface area contributed by atoms with Crippen LogP contribution in [-0.2, 0) is 15.0 Å². The molecule has 0 aromatic heterocycles. The smallest absolute Gasteiger partial charge is 0.301 e. The molecule has 1 aliphatic heterocycles. The molecule has 8 heteroatoms. The third-order valence-electron chi connectivity index (χ3n) is 2.34. The second-order valence-electron chi connectivity index (χ2n) is 3.94. The highest BCUT2D eigenvalue weighted by Gasteiger charge is 2.18. The summed E-state index contributed by atoms with van der Waals surface area (Å²) in [5, 5.41) is 2.62. The van der Waals surface area contributed by atoms with E-state index in [0.29, 0.717) is 17.1 Å². The van der Waals surface area contributed by atoms with Gasteiger partial charge in [-0.3, -0.25) is 9.52 Å². The summed E-state index contributed by atoms with van der Waals surface area (Å²) in [6.45, 7) is -0.0725. The minimum Gasteiger partial charge on any atom is -0.482 e.